The second-order valence-corrected chi connectivity index (χ2v) is 5.24. The summed E-state index contributed by atoms with van der Waals surface area (Å²) in [5, 5.41) is 3.07. The molecule has 1 fully saturated rings. The maximum absolute atomic E-state index is 4.41. The predicted octanol–water partition coefficient (Wildman–Crippen LogP) is 2.36. The molecule has 1 aromatic heterocycles. The Morgan fingerprint density at radius 2 is 1.94 bits per heavy atom. The summed E-state index contributed by atoms with van der Waals surface area (Å²) < 4.78 is 4.41. The minimum absolute atomic E-state index is 1.04. The molecular weight excluding hydrogens is 242 g/mol. The van der Waals surface area contributed by atoms with Crippen LogP contribution in [0.2, 0.25) is 0 Å². The molecule has 18 heavy (non-hydrogen) atoms. The van der Waals surface area contributed by atoms with Crippen molar-refractivity contribution in [2.45, 2.75) is 0 Å². The predicted molar refractivity (Wildman–Crippen MR) is 76.1 cm³/mol. The lowest BCUT2D eigenvalue weighted by molar-refractivity contribution is 0.313. The molecule has 0 N–H and O–H groups in total. The summed E-state index contributed by atoms with van der Waals surface area (Å²) in [6.45, 7) is 4.41. The average molecular weight is 258 g/mol. The monoisotopic (exact) mass is 258 g/mol. The highest BCUT2D eigenvalue weighted by molar-refractivity contribution is 7.03. The number of anilines is 1. The summed E-state index contributed by atoms with van der Waals surface area (Å²) >= 11 is 1.39. The Morgan fingerprint density at radius 1 is 1.17 bits per heavy atom. The lowest BCUT2D eigenvalue weighted by Crippen LogP contribution is -2.44. The smallest absolute Gasteiger partial charge is 0.0868 e. The van der Waals surface area contributed by atoms with Crippen LogP contribution in [0.15, 0.2) is 30.3 Å². The molecule has 0 atom stereocenters. The van der Waals surface area contributed by atoms with Crippen LogP contribution in [0.25, 0.3) is 11.3 Å². The average Bonchev–Trinajstić information content (AvgIpc) is 2.93. The Labute approximate surface area is 112 Å². The van der Waals surface area contributed by atoms with Crippen molar-refractivity contribution in [3.05, 3.63) is 35.7 Å². The first-order valence-electron chi connectivity index (χ1n) is 6.20. The van der Waals surface area contributed by atoms with Crippen molar-refractivity contribution in [3.8, 4) is 11.3 Å². The normalized spacial score (nSPS) is 17.1. The fraction of sp³-hybridized carbons (Fsp3) is 0.357. The Bertz CT molecular complexity index is 502. The van der Waals surface area contributed by atoms with Gasteiger partial charge >= 0.3 is 0 Å². The van der Waals surface area contributed by atoms with Crippen molar-refractivity contribution < 1.29 is 0 Å². The minimum atomic E-state index is 1.04. The van der Waals surface area contributed by atoms with Crippen LogP contribution in [-0.4, -0.2) is 42.5 Å². The molecule has 0 bridgehead atoms. The summed E-state index contributed by atoms with van der Waals surface area (Å²) in [6.07, 6.45) is 0. The molecule has 0 spiro atoms. The van der Waals surface area contributed by atoms with Crippen molar-refractivity contribution >= 4 is 17.2 Å². The molecule has 3 rings (SSSR count). The molecule has 1 aliphatic rings. The van der Waals surface area contributed by atoms with Gasteiger partial charge in [-0.1, -0.05) is 18.2 Å². The molecule has 2 aromatic rings. The first-order valence-corrected chi connectivity index (χ1v) is 6.97. The van der Waals surface area contributed by atoms with Crippen LogP contribution in [0.4, 0.5) is 5.69 Å². The Kier molecular flexibility index (Phi) is 3.30. The standard InChI is InChI=1S/C14H16N3S/c1-16-7-9-17(10-8-16)14-5-3-2-4-12(14)13-6-11-18-15-13/h2-6H,7-10H2,1H3. The van der Waals surface area contributed by atoms with Crippen LogP contribution < -0.4 is 4.90 Å². The largest absolute Gasteiger partial charge is 0.368 e. The van der Waals surface area contributed by atoms with Crippen molar-refractivity contribution in [2.75, 3.05) is 38.1 Å². The summed E-state index contributed by atoms with van der Waals surface area (Å²) in [4.78, 5) is 4.82. The van der Waals surface area contributed by atoms with Gasteiger partial charge in [0.2, 0.25) is 0 Å². The molecule has 2 heterocycles. The van der Waals surface area contributed by atoms with Gasteiger partial charge in [-0.05, 0) is 30.7 Å². The molecule has 1 saturated heterocycles. The number of hydrogen-bond donors (Lipinski definition) is 0. The lowest BCUT2D eigenvalue weighted by Gasteiger charge is -2.35. The van der Waals surface area contributed by atoms with Crippen molar-refractivity contribution in [1.82, 2.24) is 9.27 Å². The van der Waals surface area contributed by atoms with Gasteiger partial charge in [0.1, 0.15) is 0 Å². The fourth-order valence-electron chi connectivity index (χ4n) is 2.32. The molecule has 0 aliphatic carbocycles. The first kappa shape index (κ1) is 11.7. The molecule has 4 heteroatoms. The van der Waals surface area contributed by atoms with Crippen molar-refractivity contribution in [3.63, 3.8) is 0 Å². The van der Waals surface area contributed by atoms with E-state index in [9.17, 15) is 0 Å². The van der Waals surface area contributed by atoms with E-state index in [1.165, 1.54) is 22.8 Å². The molecule has 1 aromatic carbocycles. The van der Waals surface area contributed by atoms with Crippen molar-refractivity contribution in [2.24, 2.45) is 0 Å². The van der Waals surface area contributed by atoms with Gasteiger partial charge in [-0.25, -0.2) is 0 Å². The highest BCUT2D eigenvalue weighted by Crippen LogP contribution is 2.30. The molecule has 3 nitrogen and oxygen atoms in total. The van der Waals surface area contributed by atoms with Gasteiger partial charge in [-0.15, -0.1) is 0 Å². The zero-order valence-corrected chi connectivity index (χ0v) is 11.3. The van der Waals surface area contributed by atoms with Crippen LogP contribution in [0, 0.1) is 5.38 Å². The maximum Gasteiger partial charge on any atom is 0.0868 e. The third kappa shape index (κ3) is 2.26. The topological polar surface area (TPSA) is 19.4 Å². The zero-order valence-electron chi connectivity index (χ0n) is 10.5. The van der Waals surface area contributed by atoms with E-state index >= 15 is 0 Å². The number of piperazine rings is 1. The van der Waals surface area contributed by atoms with E-state index in [1.807, 2.05) is 6.07 Å². The molecule has 93 valence electrons. The molecular formula is C14H16N3S. The molecule has 0 amide bonds. The number of likely N-dealkylation sites (N-methyl/N-ethyl adjacent to an activating group) is 1. The highest BCUT2D eigenvalue weighted by atomic mass is 32.1. The van der Waals surface area contributed by atoms with Crippen LogP contribution in [-0.2, 0) is 0 Å². The van der Waals surface area contributed by atoms with Gasteiger partial charge in [0.25, 0.3) is 0 Å². The van der Waals surface area contributed by atoms with Gasteiger partial charge in [-0.3, -0.25) is 0 Å². The van der Waals surface area contributed by atoms with Gasteiger partial charge in [0.15, 0.2) is 0 Å². The molecule has 0 saturated carbocycles. The minimum Gasteiger partial charge on any atom is -0.368 e. The summed E-state index contributed by atoms with van der Waals surface area (Å²) in [5.41, 5.74) is 3.55. The molecule has 0 unspecified atom stereocenters. The second kappa shape index (κ2) is 5.08. The zero-order chi connectivity index (χ0) is 12.4. The number of benzene rings is 1. The second-order valence-electron chi connectivity index (χ2n) is 4.64. The van der Waals surface area contributed by atoms with Crippen molar-refractivity contribution in [1.29, 1.82) is 0 Å². The first-order chi connectivity index (χ1) is 8.84. The third-order valence-corrected chi connectivity index (χ3v) is 3.93. The van der Waals surface area contributed by atoms with E-state index in [4.69, 9.17) is 0 Å². The van der Waals surface area contributed by atoms with E-state index in [0.29, 0.717) is 0 Å². The van der Waals surface area contributed by atoms with Crippen LogP contribution >= 0.6 is 11.5 Å². The fourth-order valence-corrected chi connectivity index (χ4v) is 2.79. The Balaban J connectivity index is 1.92. The summed E-state index contributed by atoms with van der Waals surface area (Å²) in [7, 11) is 2.18. The van der Waals surface area contributed by atoms with Gasteiger partial charge in [0, 0.05) is 37.4 Å². The van der Waals surface area contributed by atoms with Gasteiger partial charge < -0.3 is 9.80 Å². The molecule has 1 radical (unpaired) electrons. The van der Waals surface area contributed by atoms with Gasteiger partial charge in [0.05, 0.1) is 11.1 Å². The number of nitrogens with zero attached hydrogens (tertiary/aromatic N) is 3. The van der Waals surface area contributed by atoms with E-state index in [-0.39, 0.29) is 0 Å². The van der Waals surface area contributed by atoms with E-state index in [2.05, 4.69) is 50.9 Å². The number of aromatic nitrogens is 1. The van der Waals surface area contributed by atoms with E-state index in [0.717, 1.165) is 31.9 Å². The van der Waals surface area contributed by atoms with Crippen LogP contribution in [0.5, 0.6) is 0 Å². The van der Waals surface area contributed by atoms with Crippen LogP contribution in [0.1, 0.15) is 0 Å². The Hall–Kier alpha value is -1.39. The number of para-hydroxylation sites is 1. The quantitative estimate of drug-likeness (QED) is 0.824. The third-order valence-electron chi connectivity index (χ3n) is 3.42. The maximum atomic E-state index is 4.41. The van der Waals surface area contributed by atoms with E-state index in [1.54, 1.807) is 0 Å². The Morgan fingerprint density at radius 3 is 2.67 bits per heavy atom. The number of rotatable bonds is 2. The van der Waals surface area contributed by atoms with Gasteiger partial charge in [-0.2, -0.15) is 4.37 Å². The van der Waals surface area contributed by atoms with E-state index < -0.39 is 0 Å². The molecule has 1 aliphatic heterocycles. The lowest BCUT2D eigenvalue weighted by atomic mass is 10.1. The SMILES string of the molecule is CN1CCN(c2ccccc2-c2c[c]sn2)CC1. The highest BCUT2D eigenvalue weighted by Gasteiger charge is 2.17. The number of hydrogen-bond acceptors (Lipinski definition) is 4. The summed E-state index contributed by atoms with van der Waals surface area (Å²) in [5.74, 6) is 0. The van der Waals surface area contributed by atoms with Crippen LogP contribution in [0.3, 0.4) is 0 Å². The summed E-state index contributed by atoms with van der Waals surface area (Å²) in [6, 6.07) is 10.5.